The van der Waals surface area contributed by atoms with E-state index in [0.717, 1.165) is 5.56 Å². The Balaban J connectivity index is 0.00000441. The van der Waals surface area contributed by atoms with Gasteiger partial charge in [-0.2, -0.15) is 13.2 Å². The molecule has 22 heavy (non-hydrogen) atoms. The maximum Gasteiger partial charge on any atom is 0.422 e. The zero-order valence-electron chi connectivity index (χ0n) is 12.5. The van der Waals surface area contributed by atoms with Crippen LogP contribution >= 0.6 is 12.4 Å². The second-order valence-electron chi connectivity index (χ2n) is 5.04. The Hall–Kier alpha value is -1.47. The number of hydrogen-bond donors (Lipinski definition) is 2. The van der Waals surface area contributed by atoms with Gasteiger partial charge in [-0.1, -0.05) is 13.0 Å². The number of nitrogens with two attached hydrogens (primary N) is 1. The lowest BCUT2D eigenvalue weighted by molar-refractivity contribution is -0.153. The number of halogens is 4. The van der Waals surface area contributed by atoms with E-state index in [1.165, 1.54) is 12.1 Å². The zero-order chi connectivity index (χ0) is 16.2. The molecule has 1 amide bonds. The number of carbonyl (C=O) groups is 1. The summed E-state index contributed by atoms with van der Waals surface area (Å²) in [5.41, 5.74) is 6.55. The zero-order valence-corrected chi connectivity index (χ0v) is 13.3. The summed E-state index contributed by atoms with van der Waals surface area (Å²) in [5.74, 6) is -0.856. The van der Waals surface area contributed by atoms with E-state index >= 15 is 0 Å². The van der Waals surface area contributed by atoms with Crippen LogP contribution in [0.5, 0.6) is 5.75 Å². The number of aryl methyl sites for hydroxylation is 1. The van der Waals surface area contributed by atoms with Crippen molar-refractivity contribution in [2.45, 2.75) is 33.0 Å². The van der Waals surface area contributed by atoms with Gasteiger partial charge in [0.05, 0.1) is 11.6 Å². The first-order valence-corrected chi connectivity index (χ1v) is 6.47. The molecule has 0 saturated heterocycles. The molecule has 1 aromatic carbocycles. The SMILES string of the molecule is Cc1ccc(NC(=O)C(C)C(C)N)c(OCC(F)(F)F)c1.Cl. The molecule has 4 nitrogen and oxygen atoms in total. The molecule has 2 atom stereocenters. The molecule has 1 rings (SSSR count). The van der Waals surface area contributed by atoms with E-state index in [2.05, 4.69) is 5.32 Å². The van der Waals surface area contributed by atoms with Gasteiger partial charge in [-0.3, -0.25) is 4.79 Å². The van der Waals surface area contributed by atoms with Crippen LogP contribution in [-0.2, 0) is 4.79 Å². The predicted molar refractivity (Wildman–Crippen MR) is 81.4 cm³/mol. The highest BCUT2D eigenvalue weighted by atomic mass is 35.5. The number of benzene rings is 1. The van der Waals surface area contributed by atoms with E-state index in [1.54, 1.807) is 26.8 Å². The van der Waals surface area contributed by atoms with Crippen LogP contribution in [-0.4, -0.2) is 24.7 Å². The standard InChI is InChI=1S/C14H19F3N2O2.ClH/c1-8-4-5-11(19-13(20)9(2)10(3)18)12(6-8)21-7-14(15,16)17;/h4-6,9-10H,7,18H2,1-3H3,(H,19,20);1H. The van der Waals surface area contributed by atoms with Gasteiger partial charge in [-0.15, -0.1) is 12.4 Å². The van der Waals surface area contributed by atoms with Gasteiger partial charge in [0.1, 0.15) is 5.75 Å². The molecular weight excluding hydrogens is 321 g/mol. The summed E-state index contributed by atoms with van der Waals surface area (Å²) in [6.45, 7) is 3.63. The molecule has 0 saturated carbocycles. The first-order valence-electron chi connectivity index (χ1n) is 6.47. The Morgan fingerprint density at radius 2 is 1.95 bits per heavy atom. The summed E-state index contributed by atoms with van der Waals surface area (Å²) in [6.07, 6.45) is -4.44. The third kappa shape index (κ3) is 6.53. The van der Waals surface area contributed by atoms with Crippen LogP contribution in [0.3, 0.4) is 0 Å². The summed E-state index contributed by atoms with van der Waals surface area (Å²) in [7, 11) is 0. The van der Waals surface area contributed by atoms with E-state index in [-0.39, 0.29) is 35.8 Å². The monoisotopic (exact) mass is 340 g/mol. The van der Waals surface area contributed by atoms with Crippen molar-refractivity contribution in [1.29, 1.82) is 0 Å². The minimum atomic E-state index is -4.44. The minimum Gasteiger partial charge on any atom is -0.482 e. The Morgan fingerprint density at radius 1 is 1.36 bits per heavy atom. The average molecular weight is 341 g/mol. The van der Waals surface area contributed by atoms with Gasteiger partial charge in [0, 0.05) is 6.04 Å². The van der Waals surface area contributed by atoms with Crippen LogP contribution in [0.25, 0.3) is 0 Å². The Morgan fingerprint density at radius 3 is 2.45 bits per heavy atom. The molecule has 0 aromatic heterocycles. The lowest BCUT2D eigenvalue weighted by Crippen LogP contribution is -2.34. The number of carbonyl (C=O) groups excluding carboxylic acids is 1. The molecule has 0 fully saturated rings. The van der Waals surface area contributed by atoms with Crippen molar-refractivity contribution in [2.24, 2.45) is 11.7 Å². The van der Waals surface area contributed by atoms with Crippen LogP contribution in [0.2, 0.25) is 0 Å². The van der Waals surface area contributed by atoms with Gasteiger partial charge in [0.2, 0.25) is 5.91 Å². The number of hydrogen-bond acceptors (Lipinski definition) is 3. The van der Waals surface area contributed by atoms with Gasteiger partial charge in [-0.05, 0) is 31.5 Å². The number of anilines is 1. The van der Waals surface area contributed by atoms with Crippen molar-refractivity contribution in [3.63, 3.8) is 0 Å². The second-order valence-corrected chi connectivity index (χ2v) is 5.04. The quantitative estimate of drug-likeness (QED) is 0.864. The number of rotatable bonds is 5. The van der Waals surface area contributed by atoms with Gasteiger partial charge in [0.15, 0.2) is 6.61 Å². The average Bonchev–Trinajstić information content (AvgIpc) is 2.36. The minimum absolute atomic E-state index is 0. The topological polar surface area (TPSA) is 64.4 Å². The lowest BCUT2D eigenvalue weighted by Gasteiger charge is -2.18. The molecule has 0 heterocycles. The molecule has 2 unspecified atom stereocenters. The van der Waals surface area contributed by atoms with Crippen molar-refractivity contribution in [2.75, 3.05) is 11.9 Å². The van der Waals surface area contributed by atoms with Crippen molar-refractivity contribution < 1.29 is 22.7 Å². The van der Waals surface area contributed by atoms with Crippen molar-refractivity contribution in [1.82, 2.24) is 0 Å². The maximum absolute atomic E-state index is 12.2. The summed E-state index contributed by atoms with van der Waals surface area (Å²) >= 11 is 0. The third-order valence-electron chi connectivity index (χ3n) is 2.99. The highest BCUT2D eigenvalue weighted by Gasteiger charge is 2.29. The molecule has 0 bridgehead atoms. The van der Waals surface area contributed by atoms with Crippen LogP contribution in [0, 0.1) is 12.8 Å². The molecule has 0 aliphatic rings. The summed E-state index contributed by atoms with van der Waals surface area (Å²) in [4.78, 5) is 11.9. The predicted octanol–water partition coefficient (Wildman–Crippen LogP) is 3.28. The summed E-state index contributed by atoms with van der Waals surface area (Å²) in [5, 5.41) is 2.54. The van der Waals surface area contributed by atoms with Crippen LogP contribution in [0.15, 0.2) is 18.2 Å². The number of ether oxygens (including phenoxy) is 1. The maximum atomic E-state index is 12.2. The van der Waals surface area contributed by atoms with Gasteiger partial charge < -0.3 is 15.8 Å². The van der Waals surface area contributed by atoms with Crippen molar-refractivity contribution in [3.05, 3.63) is 23.8 Å². The fourth-order valence-corrected chi connectivity index (χ4v) is 1.50. The van der Waals surface area contributed by atoms with E-state index in [1.807, 2.05) is 0 Å². The molecule has 0 radical (unpaired) electrons. The molecular formula is C14H20ClF3N2O2. The number of alkyl halides is 3. The van der Waals surface area contributed by atoms with Crippen molar-refractivity contribution >= 4 is 24.0 Å². The second kappa shape index (κ2) is 8.24. The first kappa shape index (κ1) is 20.5. The van der Waals surface area contributed by atoms with Gasteiger partial charge >= 0.3 is 6.18 Å². The normalized spacial score (nSPS) is 13.8. The smallest absolute Gasteiger partial charge is 0.422 e. The molecule has 0 aliphatic heterocycles. The Kier molecular flexibility index (Phi) is 7.69. The van der Waals surface area contributed by atoms with E-state index in [9.17, 15) is 18.0 Å². The fraction of sp³-hybridized carbons (Fsp3) is 0.500. The molecule has 3 N–H and O–H groups in total. The Bertz CT molecular complexity index is 507. The van der Waals surface area contributed by atoms with E-state index in [4.69, 9.17) is 10.5 Å². The van der Waals surface area contributed by atoms with Gasteiger partial charge in [-0.25, -0.2) is 0 Å². The number of amides is 1. The number of nitrogens with one attached hydrogen (secondary N) is 1. The lowest BCUT2D eigenvalue weighted by atomic mass is 10.0. The molecule has 0 aliphatic carbocycles. The fourth-order valence-electron chi connectivity index (χ4n) is 1.50. The van der Waals surface area contributed by atoms with Crippen LogP contribution < -0.4 is 15.8 Å². The largest absolute Gasteiger partial charge is 0.482 e. The van der Waals surface area contributed by atoms with Gasteiger partial charge in [0.25, 0.3) is 0 Å². The Labute approximate surface area is 133 Å². The molecule has 126 valence electrons. The van der Waals surface area contributed by atoms with Crippen LogP contribution in [0.1, 0.15) is 19.4 Å². The van der Waals surface area contributed by atoms with E-state index in [0.29, 0.717) is 0 Å². The third-order valence-corrected chi connectivity index (χ3v) is 2.99. The summed E-state index contributed by atoms with van der Waals surface area (Å²) in [6, 6.07) is 4.26. The van der Waals surface area contributed by atoms with Crippen molar-refractivity contribution in [3.8, 4) is 5.75 Å². The molecule has 0 spiro atoms. The van der Waals surface area contributed by atoms with Crippen LogP contribution in [0.4, 0.5) is 18.9 Å². The highest BCUT2D eigenvalue weighted by molar-refractivity contribution is 5.94. The molecule has 8 heteroatoms. The molecule has 1 aromatic rings. The summed E-state index contributed by atoms with van der Waals surface area (Å²) < 4.78 is 41.5. The van der Waals surface area contributed by atoms with E-state index < -0.39 is 18.7 Å². The first-order chi connectivity index (χ1) is 9.60. The highest BCUT2D eigenvalue weighted by Crippen LogP contribution is 2.28.